The highest BCUT2D eigenvalue weighted by Crippen LogP contribution is 2.70. The summed E-state index contributed by atoms with van der Waals surface area (Å²) < 4.78 is 206. The van der Waals surface area contributed by atoms with Gasteiger partial charge in [0.05, 0.1) is 11.1 Å². The van der Waals surface area contributed by atoms with Crippen molar-refractivity contribution >= 4 is 17.3 Å². The second-order valence-corrected chi connectivity index (χ2v) is 6.90. The van der Waals surface area contributed by atoms with E-state index in [0.29, 0.717) is 0 Å². The van der Waals surface area contributed by atoms with Crippen molar-refractivity contribution in [3.8, 4) is 0 Å². The third-order valence-corrected chi connectivity index (χ3v) is 5.16. The molecule has 18 heteroatoms. The van der Waals surface area contributed by atoms with Gasteiger partial charge in [0.1, 0.15) is 0 Å². The first kappa shape index (κ1) is 25.7. The average molecular weight is 525 g/mol. The molecule has 0 aliphatic heterocycles. The number of rotatable bonds is 2. The van der Waals surface area contributed by atoms with E-state index in [1.807, 2.05) is 0 Å². The number of allylic oxidation sites excluding steroid dienone is 1. The Hall–Kier alpha value is -2.95. The van der Waals surface area contributed by atoms with E-state index in [9.17, 15) is 80.6 Å². The zero-order valence-electron chi connectivity index (χ0n) is 14.9. The molecule has 0 atom stereocenters. The second-order valence-electron chi connectivity index (χ2n) is 6.90. The molecule has 3 rings (SSSR count). The van der Waals surface area contributed by atoms with Crippen LogP contribution in [0, 0.1) is 23.3 Å². The molecule has 0 N–H and O–H groups in total. The van der Waals surface area contributed by atoms with E-state index < -0.39 is 92.6 Å². The fourth-order valence-corrected chi connectivity index (χ4v) is 3.30. The Morgan fingerprint density at radius 1 is 0.559 bits per heavy atom. The summed E-state index contributed by atoms with van der Waals surface area (Å²) in [4.78, 5) is 24.1. The summed E-state index contributed by atoms with van der Waals surface area (Å²) >= 11 is 0. The minimum absolute atomic E-state index is 2.40. The Balaban J connectivity index is 2.39. The van der Waals surface area contributed by atoms with E-state index in [0.717, 1.165) is 0 Å². The van der Waals surface area contributed by atoms with E-state index in [4.69, 9.17) is 0 Å². The van der Waals surface area contributed by atoms with Gasteiger partial charge in [0.15, 0.2) is 29.1 Å². The molecular formula is C16F15O3-. The topological polar surface area (TPSA) is 57.2 Å². The number of hydrogen-bond donors (Lipinski definition) is 0. The third kappa shape index (κ3) is 2.24. The minimum Gasteiger partial charge on any atom is -0.871 e. The van der Waals surface area contributed by atoms with Crippen LogP contribution in [0.25, 0.3) is 5.76 Å². The highest BCUT2D eigenvalue weighted by Gasteiger charge is 3.02. The summed E-state index contributed by atoms with van der Waals surface area (Å²) in [5.41, 5.74) is -15.5. The zero-order valence-corrected chi connectivity index (χ0v) is 14.9. The van der Waals surface area contributed by atoms with E-state index >= 15 is 0 Å². The number of halogens is 15. The quantitative estimate of drug-likeness (QED) is 0.254. The number of alkyl halides is 11. The maximum Gasteiger partial charge on any atom is 0.384 e. The first-order valence-electron chi connectivity index (χ1n) is 7.95. The Morgan fingerprint density at radius 2 is 0.882 bits per heavy atom. The van der Waals surface area contributed by atoms with Crippen LogP contribution in [0.15, 0.2) is 5.57 Å². The smallest absolute Gasteiger partial charge is 0.384 e. The summed E-state index contributed by atoms with van der Waals surface area (Å²) in [6.45, 7) is 0. The molecule has 0 saturated heterocycles. The van der Waals surface area contributed by atoms with Crippen LogP contribution in [0.3, 0.4) is 0 Å². The van der Waals surface area contributed by atoms with Gasteiger partial charge in [-0.3, -0.25) is 9.59 Å². The third-order valence-electron chi connectivity index (χ3n) is 5.16. The number of Topliss-reactive ketones (excluding diaryl/α,β-unsaturated/α-hetero) is 2. The average Bonchev–Trinajstić information content (AvgIpc) is 2.98. The summed E-state index contributed by atoms with van der Waals surface area (Å²) in [6.07, 6.45) is 0. The van der Waals surface area contributed by atoms with Crippen molar-refractivity contribution in [2.45, 2.75) is 35.3 Å². The van der Waals surface area contributed by atoms with E-state index in [-0.39, 0.29) is 0 Å². The molecule has 0 spiro atoms. The van der Waals surface area contributed by atoms with Crippen LogP contribution in [0.2, 0.25) is 0 Å². The predicted octanol–water partition coefficient (Wildman–Crippen LogP) is 3.98. The predicted molar refractivity (Wildman–Crippen MR) is 71.1 cm³/mol. The fourth-order valence-electron chi connectivity index (χ4n) is 3.30. The summed E-state index contributed by atoms with van der Waals surface area (Å²) in [6, 6.07) is 0. The number of carbonyl (C=O) groups is 2. The van der Waals surface area contributed by atoms with Gasteiger partial charge in [-0.05, 0) is 0 Å². The molecule has 188 valence electrons. The number of ketones is 2. The van der Waals surface area contributed by atoms with Crippen LogP contribution in [-0.4, -0.2) is 46.8 Å². The number of benzene rings is 1. The Morgan fingerprint density at radius 3 is 1.26 bits per heavy atom. The lowest BCUT2D eigenvalue weighted by Crippen LogP contribution is -2.85. The molecule has 1 saturated carbocycles. The molecule has 0 heterocycles. The lowest BCUT2D eigenvalue weighted by molar-refractivity contribution is -0.475. The standard InChI is InChI=1S/C16HF15O3/c17-4-1-2(5(18)7(20)6(4)19)9(33)3(8(1)32)10(34)11(21)12(22,23)14(26,27)16(30,31)15(28,29)13(11,24)25/h32H/p-1. The van der Waals surface area contributed by atoms with Crippen LogP contribution in [0.4, 0.5) is 65.9 Å². The zero-order chi connectivity index (χ0) is 26.8. The summed E-state index contributed by atoms with van der Waals surface area (Å²) in [5, 5.41) is 12.0. The molecule has 0 radical (unpaired) electrons. The molecule has 0 bridgehead atoms. The van der Waals surface area contributed by atoms with Gasteiger partial charge in [-0.1, -0.05) is 5.76 Å². The van der Waals surface area contributed by atoms with Crippen LogP contribution in [0.5, 0.6) is 0 Å². The van der Waals surface area contributed by atoms with Gasteiger partial charge < -0.3 is 5.11 Å². The molecule has 0 aromatic heterocycles. The van der Waals surface area contributed by atoms with E-state index in [1.165, 1.54) is 0 Å². The van der Waals surface area contributed by atoms with Crippen molar-refractivity contribution in [3.63, 3.8) is 0 Å². The highest BCUT2D eigenvalue weighted by atomic mass is 19.4. The summed E-state index contributed by atoms with van der Waals surface area (Å²) in [7, 11) is 0. The lowest BCUT2D eigenvalue weighted by Gasteiger charge is -2.51. The second kappa shape index (κ2) is 6.38. The van der Waals surface area contributed by atoms with Crippen LogP contribution in [-0.2, 0) is 4.79 Å². The molecule has 1 aromatic rings. The molecule has 2 aliphatic rings. The van der Waals surface area contributed by atoms with Crippen LogP contribution < -0.4 is 5.11 Å². The molecule has 1 aromatic carbocycles. The largest absolute Gasteiger partial charge is 0.871 e. The molecule has 2 aliphatic carbocycles. The maximum atomic E-state index is 14.8. The molecule has 34 heavy (non-hydrogen) atoms. The van der Waals surface area contributed by atoms with Crippen LogP contribution in [0.1, 0.15) is 15.9 Å². The Kier molecular flexibility index (Phi) is 4.82. The Labute approximate surface area is 174 Å². The minimum atomic E-state index is -7.82. The van der Waals surface area contributed by atoms with Crippen molar-refractivity contribution in [1.29, 1.82) is 0 Å². The molecular weight excluding hydrogens is 525 g/mol. The lowest BCUT2D eigenvalue weighted by atomic mass is 9.68. The van der Waals surface area contributed by atoms with Crippen LogP contribution >= 0.6 is 0 Å². The molecule has 3 nitrogen and oxygen atoms in total. The first-order chi connectivity index (χ1) is 15.0. The van der Waals surface area contributed by atoms with Crippen molar-refractivity contribution in [2.24, 2.45) is 0 Å². The van der Waals surface area contributed by atoms with E-state index in [1.54, 1.807) is 0 Å². The van der Waals surface area contributed by atoms with Crippen molar-refractivity contribution < 1.29 is 80.6 Å². The first-order valence-corrected chi connectivity index (χ1v) is 7.95. The van der Waals surface area contributed by atoms with Crippen molar-refractivity contribution in [3.05, 3.63) is 40.0 Å². The molecule has 1 fully saturated rings. The van der Waals surface area contributed by atoms with Gasteiger partial charge in [0.2, 0.25) is 5.78 Å². The van der Waals surface area contributed by atoms with E-state index in [2.05, 4.69) is 0 Å². The molecule has 0 unspecified atom stereocenters. The Bertz CT molecular complexity index is 1170. The number of fused-ring (bicyclic) bond motifs is 1. The van der Waals surface area contributed by atoms with Gasteiger partial charge in [-0.2, -0.15) is 43.9 Å². The number of hydrogen-bond acceptors (Lipinski definition) is 3. The highest BCUT2D eigenvalue weighted by molar-refractivity contribution is 6.36. The SMILES string of the molecule is O=C1C(C(=O)C2(F)C(F)(F)C(F)(F)C(F)(F)C(F)(F)C2(F)F)=C([O-])c2c(F)c(F)c(F)c(F)c21. The fraction of sp³-hybridized carbons (Fsp3) is 0.375. The van der Waals surface area contributed by atoms with Gasteiger partial charge in [0.25, 0.3) is 0 Å². The maximum absolute atomic E-state index is 14.8. The summed E-state index contributed by atoms with van der Waals surface area (Å²) in [5.74, 6) is -60.9. The van der Waals surface area contributed by atoms with Gasteiger partial charge in [0, 0.05) is 5.56 Å². The van der Waals surface area contributed by atoms with Gasteiger partial charge in [-0.15, -0.1) is 0 Å². The number of carbonyl (C=O) groups excluding carboxylic acids is 2. The normalized spacial score (nSPS) is 25.3. The molecule has 0 amide bonds. The van der Waals surface area contributed by atoms with Gasteiger partial charge >= 0.3 is 35.3 Å². The van der Waals surface area contributed by atoms with Crippen molar-refractivity contribution in [1.82, 2.24) is 0 Å². The van der Waals surface area contributed by atoms with Crippen molar-refractivity contribution in [2.75, 3.05) is 0 Å². The monoisotopic (exact) mass is 525 g/mol. The van der Waals surface area contributed by atoms with Gasteiger partial charge in [-0.25, -0.2) is 22.0 Å².